The monoisotopic (exact) mass is 417 g/mol. The summed E-state index contributed by atoms with van der Waals surface area (Å²) in [6.45, 7) is 3.75. The molecule has 0 spiro atoms. The van der Waals surface area contributed by atoms with Crippen molar-refractivity contribution < 1.29 is 9.90 Å². The van der Waals surface area contributed by atoms with E-state index in [2.05, 4.69) is 12.2 Å². The van der Waals surface area contributed by atoms with E-state index in [4.69, 9.17) is 28.3 Å². The van der Waals surface area contributed by atoms with Crippen LogP contribution in [0.15, 0.2) is 18.2 Å². The van der Waals surface area contributed by atoms with Gasteiger partial charge in [0, 0.05) is 10.0 Å². The molecule has 0 bridgehead atoms. The van der Waals surface area contributed by atoms with Gasteiger partial charge in [0.25, 0.3) is 0 Å². The van der Waals surface area contributed by atoms with E-state index in [9.17, 15) is 4.79 Å². The van der Waals surface area contributed by atoms with Crippen molar-refractivity contribution in [2.75, 3.05) is 13.1 Å². The summed E-state index contributed by atoms with van der Waals surface area (Å²) < 4.78 is 0. The molecule has 0 aromatic heterocycles. The number of nitrogens with one attached hydrogen (secondary N) is 1. The Morgan fingerprint density at radius 3 is 2.42 bits per heavy atom. The van der Waals surface area contributed by atoms with Crippen molar-refractivity contribution in [1.29, 1.82) is 0 Å². The molecule has 0 saturated carbocycles. The summed E-state index contributed by atoms with van der Waals surface area (Å²) >= 11 is 12.0. The van der Waals surface area contributed by atoms with Crippen molar-refractivity contribution >= 4 is 54.0 Å². The van der Waals surface area contributed by atoms with Crippen molar-refractivity contribution in [2.24, 2.45) is 5.92 Å². The van der Waals surface area contributed by atoms with Crippen LogP contribution in [-0.4, -0.2) is 24.2 Å². The second kappa shape index (κ2) is 15.1. The number of rotatable bonds is 11. The molecule has 1 rings (SSSR count). The molecule has 0 aliphatic heterocycles. The number of hydrogen-bond donors (Lipinski definition) is 2. The average molecular weight is 419 g/mol. The zero-order valence-electron chi connectivity index (χ0n) is 13.9. The molecular weight excluding hydrogens is 392 g/mol. The summed E-state index contributed by atoms with van der Waals surface area (Å²) in [5, 5.41) is 13.8. The van der Waals surface area contributed by atoms with Gasteiger partial charge < -0.3 is 10.4 Å². The minimum atomic E-state index is -0.665. The Bertz CT molecular complexity index is 472. The van der Waals surface area contributed by atoms with Crippen LogP contribution in [0.25, 0.3) is 0 Å². The molecule has 0 fully saturated rings. The molecule has 24 heavy (non-hydrogen) atoms. The van der Waals surface area contributed by atoms with E-state index >= 15 is 0 Å². The Kier molecular flexibility index (Phi) is 16.4. The molecule has 1 aromatic carbocycles. The molecule has 1 unspecified atom stereocenters. The van der Waals surface area contributed by atoms with Gasteiger partial charge in [0.15, 0.2) is 0 Å². The zero-order valence-corrected chi connectivity index (χ0v) is 17.0. The van der Waals surface area contributed by atoms with Gasteiger partial charge in [0.2, 0.25) is 0 Å². The topological polar surface area (TPSA) is 49.3 Å². The quantitative estimate of drug-likeness (QED) is 0.457. The van der Waals surface area contributed by atoms with Crippen LogP contribution in [0.2, 0.25) is 10.0 Å². The molecule has 3 nitrogen and oxygen atoms in total. The van der Waals surface area contributed by atoms with Gasteiger partial charge in [-0.3, -0.25) is 4.79 Å². The molecule has 1 atom stereocenters. The highest BCUT2D eigenvalue weighted by atomic mass is 35.5. The zero-order chi connectivity index (χ0) is 16.4. The van der Waals surface area contributed by atoms with Crippen LogP contribution in [0.4, 0.5) is 0 Å². The molecule has 1 aromatic rings. The largest absolute Gasteiger partial charge is 0.481 e. The Labute approximate surface area is 167 Å². The number of aliphatic carboxylic acids is 1. The van der Waals surface area contributed by atoms with Crippen molar-refractivity contribution in [2.45, 2.75) is 45.4 Å². The number of halogens is 4. The maximum absolute atomic E-state index is 11.1. The lowest BCUT2D eigenvalue weighted by molar-refractivity contribution is -0.142. The highest BCUT2D eigenvalue weighted by molar-refractivity contribution is 6.35. The maximum Gasteiger partial charge on any atom is 0.306 e. The van der Waals surface area contributed by atoms with Crippen molar-refractivity contribution in [1.82, 2.24) is 5.32 Å². The third-order valence-electron chi connectivity index (χ3n) is 3.75. The Morgan fingerprint density at radius 2 is 1.83 bits per heavy atom. The minimum absolute atomic E-state index is 0. The molecule has 0 heterocycles. The van der Waals surface area contributed by atoms with Gasteiger partial charge in [-0.1, -0.05) is 49.0 Å². The standard InChI is InChI=1S/C17H25Cl2NO2.2ClH/c1-2-3-5-14(17(21)22)6-4-10-20-11-9-13-7-8-15(18)12-16(13)19;;/h7-8,12,14,20H,2-6,9-11H2,1H3,(H,21,22);2*1H. The fourth-order valence-electron chi connectivity index (χ4n) is 2.39. The Balaban J connectivity index is 0. The lowest BCUT2D eigenvalue weighted by Crippen LogP contribution is -2.21. The van der Waals surface area contributed by atoms with Gasteiger partial charge >= 0.3 is 5.97 Å². The van der Waals surface area contributed by atoms with Crippen LogP contribution in [0.3, 0.4) is 0 Å². The van der Waals surface area contributed by atoms with Gasteiger partial charge in [-0.25, -0.2) is 0 Å². The fraction of sp³-hybridized carbons (Fsp3) is 0.588. The van der Waals surface area contributed by atoms with Gasteiger partial charge in [-0.05, 0) is 56.5 Å². The molecule has 2 N–H and O–H groups in total. The number of unbranched alkanes of at least 4 members (excludes halogenated alkanes) is 1. The third kappa shape index (κ3) is 10.6. The first kappa shape index (κ1) is 26.0. The molecule has 7 heteroatoms. The molecule has 0 aliphatic carbocycles. The molecular formula is C17H27Cl4NO2. The predicted molar refractivity (Wildman–Crippen MR) is 107 cm³/mol. The van der Waals surface area contributed by atoms with E-state index in [-0.39, 0.29) is 30.7 Å². The predicted octanol–water partition coefficient (Wildman–Crippen LogP) is 5.64. The van der Waals surface area contributed by atoms with E-state index in [0.29, 0.717) is 10.0 Å². The van der Waals surface area contributed by atoms with Crippen LogP contribution in [0.5, 0.6) is 0 Å². The third-order valence-corrected chi connectivity index (χ3v) is 4.33. The summed E-state index contributed by atoms with van der Waals surface area (Å²) in [7, 11) is 0. The minimum Gasteiger partial charge on any atom is -0.481 e. The molecule has 0 amide bonds. The lowest BCUT2D eigenvalue weighted by atomic mass is 9.97. The van der Waals surface area contributed by atoms with E-state index in [1.165, 1.54) is 0 Å². The maximum atomic E-state index is 11.1. The smallest absolute Gasteiger partial charge is 0.306 e. The SMILES string of the molecule is CCCCC(CCCNCCc1ccc(Cl)cc1Cl)C(=O)O.Cl.Cl. The summed E-state index contributed by atoms with van der Waals surface area (Å²) in [6, 6.07) is 5.54. The van der Waals surface area contributed by atoms with Gasteiger partial charge in [0.1, 0.15) is 0 Å². The van der Waals surface area contributed by atoms with Crippen LogP contribution >= 0.6 is 48.0 Å². The van der Waals surface area contributed by atoms with Crippen LogP contribution in [0, 0.1) is 5.92 Å². The van der Waals surface area contributed by atoms with Gasteiger partial charge in [-0.15, -0.1) is 24.8 Å². The number of benzene rings is 1. The second-order valence-electron chi connectivity index (χ2n) is 5.56. The van der Waals surface area contributed by atoms with E-state index in [1.807, 2.05) is 12.1 Å². The molecule has 0 radical (unpaired) electrons. The van der Waals surface area contributed by atoms with E-state index in [0.717, 1.165) is 57.2 Å². The van der Waals surface area contributed by atoms with Crippen LogP contribution in [-0.2, 0) is 11.2 Å². The summed E-state index contributed by atoms with van der Waals surface area (Å²) in [5.41, 5.74) is 1.07. The number of carboxylic acids is 1. The first-order valence-corrected chi connectivity index (χ1v) is 8.67. The number of hydrogen-bond acceptors (Lipinski definition) is 2. The van der Waals surface area contributed by atoms with Crippen molar-refractivity contribution in [3.63, 3.8) is 0 Å². The average Bonchev–Trinajstić information content (AvgIpc) is 2.47. The number of carboxylic acid groups (broad SMARTS) is 1. The van der Waals surface area contributed by atoms with Crippen LogP contribution < -0.4 is 5.32 Å². The summed E-state index contributed by atoms with van der Waals surface area (Å²) in [4.78, 5) is 11.1. The van der Waals surface area contributed by atoms with Crippen molar-refractivity contribution in [3.8, 4) is 0 Å². The summed E-state index contributed by atoms with van der Waals surface area (Å²) in [5.74, 6) is -0.867. The van der Waals surface area contributed by atoms with Gasteiger partial charge in [0.05, 0.1) is 5.92 Å². The van der Waals surface area contributed by atoms with Gasteiger partial charge in [-0.2, -0.15) is 0 Å². The summed E-state index contributed by atoms with van der Waals surface area (Å²) in [6.07, 6.45) is 5.28. The van der Waals surface area contributed by atoms with Crippen LogP contribution in [0.1, 0.15) is 44.6 Å². The first-order chi connectivity index (χ1) is 10.5. The van der Waals surface area contributed by atoms with E-state index < -0.39 is 5.97 Å². The second-order valence-corrected chi connectivity index (χ2v) is 6.40. The lowest BCUT2D eigenvalue weighted by Gasteiger charge is -2.12. The Hall–Kier alpha value is -0.190. The fourth-order valence-corrected chi connectivity index (χ4v) is 2.89. The molecule has 0 aliphatic rings. The van der Waals surface area contributed by atoms with E-state index in [1.54, 1.807) is 6.07 Å². The molecule has 140 valence electrons. The van der Waals surface area contributed by atoms with Crippen molar-refractivity contribution in [3.05, 3.63) is 33.8 Å². The first-order valence-electron chi connectivity index (χ1n) is 7.92. The number of carbonyl (C=O) groups is 1. The highest BCUT2D eigenvalue weighted by Gasteiger charge is 2.15. The highest BCUT2D eigenvalue weighted by Crippen LogP contribution is 2.21. The molecule has 0 saturated heterocycles. The normalized spacial score (nSPS) is 11.3. The Morgan fingerprint density at radius 1 is 1.17 bits per heavy atom.